The average molecular weight is 170 g/mol. The van der Waals surface area contributed by atoms with Crippen LogP contribution < -0.4 is 5.32 Å². The van der Waals surface area contributed by atoms with Crippen molar-refractivity contribution in [1.29, 1.82) is 0 Å². The zero-order valence-corrected chi connectivity index (χ0v) is 8.13. The van der Waals surface area contributed by atoms with Crippen LogP contribution in [0.25, 0.3) is 0 Å². The first-order valence-electron chi connectivity index (χ1n) is 4.63. The van der Waals surface area contributed by atoms with E-state index in [4.69, 9.17) is 0 Å². The molecule has 0 saturated carbocycles. The number of hydrogen-bond donors (Lipinski definition) is 1. The van der Waals surface area contributed by atoms with Crippen LogP contribution in [-0.4, -0.2) is 36.5 Å². The van der Waals surface area contributed by atoms with E-state index in [0.29, 0.717) is 5.92 Å². The van der Waals surface area contributed by atoms with Crippen LogP contribution >= 0.6 is 0 Å². The van der Waals surface area contributed by atoms with E-state index in [9.17, 15) is 4.79 Å². The van der Waals surface area contributed by atoms with Crippen LogP contribution in [0.4, 0.5) is 0 Å². The first kappa shape index (κ1) is 9.52. The molecule has 12 heavy (non-hydrogen) atoms. The summed E-state index contributed by atoms with van der Waals surface area (Å²) in [5.41, 5.74) is 0. The molecule has 1 aliphatic rings. The minimum absolute atomic E-state index is 0.0566. The Hall–Kier alpha value is -0.570. The Bertz CT molecular complexity index is 168. The van der Waals surface area contributed by atoms with Crippen molar-refractivity contribution in [2.75, 3.05) is 19.6 Å². The largest absolute Gasteiger partial charge is 0.353 e. The van der Waals surface area contributed by atoms with Gasteiger partial charge in [0.05, 0.1) is 6.04 Å². The van der Waals surface area contributed by atoms with Gasteiger partial charge >= 0.3 is 0 Å². The summed E-state index contributed by atoms with van der Waals surface area (Å²) < 4.78 is 0. The summed E-state index contributed by atoms with van der Waals surface area (Å²) in [6.45, 7) is 9.14. The number of nitrogens with one attached hydrogen (secondary N) is 1. The fraction of sp³-hybridized carbons (Fsp3) is 0.889. The highest BCUT2D eigenvalue weighted by atomic mass is 16.2. The molecule has 0 aliphatic carbocycles. The highest BCUT2D eigenvalue weighted by molar-refractivity contribution is 5.81. The van der Waals surface area contributed by atoms with Crippen molar-refractivity contribution in [3.05, 3.63) is 0 Å². The van der Waals surface area contributed by atoms with Crippen LogP contribution in [0.15, 0.2) is 0 Å². The Morgan fingerprint density at radius 2 is 2.33 bits per heavy atom. The maximum absolute atomic E-state index is 11.2. The van der Waals surface area contributed by atoms with Gasteiger partial charge < -0.3 is 5.32 Å². The Kier molecular flexibility index (Phi) is 3.09. The van der Waals surface area contributed by atoms with Gasteiger partial charge in [-0.15, -0.1) is 0 Å². The van der Waals surface area contributed by atoms with Gasteiger partial charge in [-0.3, -0.25) is 9.69 Å². The molecular formula is C9H18N2O. The zero-order chi connectivity index (χ0) is 9.14. The first-order valence-corrected chi connectivity index (χ1v) is 4.63. The van der Waals surface area contributed by atoms with E-state index in [0.717, 1.165) is 19.6 Å². The minimum atomic E-state index is 0.0566. The lowest BCUT2D eigenvalue weighted by Crippen LogP contribution is -2.54. The van der Waals surface area contributed by atoms with E-state index in [1.54, 1.807) is 0 Å². The summed E-state index contributed by atoms with van der Waals surface area (Å²) in [5, 5.41) is 2.85. The van der Waals surface area contributed by atoms with E-state index < -0.39 is 0 Å². The lowest BCUT2D eigenvalue weighted by Gasteiger charge is -2.33. The Balaban J connectivity index is 2.46. The number of rotatable bonds is 2. The quantitative estimate of drug-likeness (QED) is 0.653. The predicted molar refractivity (Wildman–Crippen MR) is 48.9 cm³/mol. The molecule has 1 rings (SSSR count). The van der Waals surface area contributed by atoms with Crippen molar-refractivity contribution in [1.82, 2.24) is 10.2 Å². The second-order valence-corrected chi connectivity index (χ2v) is 3.86. The van der Waals surface area contributed by atoms with Crippen molar-refractivity contribution in [2.24, 2.45) is 5.92 Å². The monoisotopic (exact) mass is 170 g/mol. The number of carbonyl (C=O) groups excluding carboxylic acids is 1. The number of nitrogens with zero attached hydrogens (tertiary/aromatic N) is 1. The predicted octanol–water partition coefficient (Wildman–Crippen LogP) is 0.463. The third-order valence-electron chi connectivity index (χ3n) is 2.23. The second-order valence-electron chi connectivity index (χ2n) is 3.86. The van der Waals surface area contributed by atoms with Crippen LogP contribution in [0, 0.1) is 5.92 Å². The fourth-order valence-corrected chi connectivity index (χ4v) is 1.55. The molecule has 1 aliphatic heterocycles. The first-order chi connectivity index (χ1) is 5.61. The molecule has 1 atom stereocenters. The minimum Gasteiger partial charge on any atom is -0.353 e. The lowest BCUT2D eigenvalue weighted by atomic mass is 10.1. The van der Waals surface area contributed by atoms with E-state index in [-0.39, 0.29) is 11.9 Å². The van der Waals surface area contributed by atoms with Crippen molar-refractivity contribution in [3.63, 3.8) is 0 Å². The number of piperazine rings is 1. The van der Waals surface area contributed by atoms with Gasteiger partial charge in [0.15, 0.2) is 0 Å². The molecule has 1 fully saturated rings. The Labute approximate surface area is 74.1 Å². The third-order valence-corrected chi connectivity index (χ3v) is 2.23. The summed E-state index contributed by atoms with van der Waals surface area (Å²) in [4.78, 5) is 13.5. The molecule has 0 aromatic heterocycles. The average Bonchev–Trinajstić information content (AvgIpc) is 1.98. The van der Waals surface area contributed by atoms with Gasteiger partial charge in [-0.25, -0.2) is 0 Å². The fourth-order valence-electron chi connectivity index (χ4n) is 1.55. The summed E-state index contributed by atoms with van der Waals surface area (Å²) in [5.74, 6) is 0.806. The van der Waals surface area contributed by atoms with E-state index in [1.165, 1.54) is 0 Å². The standard InChI is InChI=1S/C9H18N2O/c1-7(2)6-11-5-4-10-9(12)8(11)3/h7-8H,4-6H2,1-3H3,(H,10,12). The van der Waals surface area contributed by atoms with Crippen molar-refractivity contribution in [3.8, 4) is 0 Å². The van der Waals surface area contributed by atoms with Crippen molar-refractivity contribution in [2.45, 2.75) is 26.8 Å². The van der Waals surface area contributed by atoms with Crippen LogP contribution in [0.1, 0.15) is 20.8 Å². The van der Waals surface area contributed by atoms with Crippen molar-refractivity contribution < 1.29 is 4.79 Å². The van der Waals surface area contributed by atoms with Gasteiger partial charge in [-0.05, 0) is 12.8 Å². The molecule has 1 amide bonds. The van der Waals surface area contributed by atoms with Gasteiger partial charge in [-0.1, -0.05) is 13.8 Å². The number of amides is 1. The second kappa shape index (κ2) is 3.90. The summed E-state index contributed by atoms with van der Waals surface area (Å²) in [6.07, 6.45) is 0. The van der Waals surface area contributed by atoms with Crippen molar-refractivity contribution >= 4 is 5.91 Å². The molecule has 0 spiro atoms. The maximum Gasteiger partial charge on any atom is 0.237 e. The van der Waals surface area contributed by atoms with Gasteiger partial charge in [0, 0.05) is 19.6 Å². The summed E-state index contributed by atoms with van der Waals surface area (Å²) >= 11 is 0. The number of hydrogen-bond acceptors (Lipinski definition) is 2. The molecule has 1 saturated heterocycles. The molecule has 3 nitrogen and oxygen atoms in total. The molecule has 0 bridgehead atoms. The van der Waals surface area contributed by atoms with Crippen LogP contribution in [0.5, 0.6) is 0 Å². The molecular weight excluding hydrogens is 152 g/mol. The number of carbonyl (C=O) groups is 1. The molecule has 1 unspecified atom stereocenters. The summed E-state index contributed by atoms with van der Waals surface area (Å²) in [7, 11) is 0. The van der Waals surface area contributed by atoms with Gasteiger partial charge in [0.2, 0.25) is 5.91 Å². The highest BCUT2D eigenvalue weighted by Gasteiger charge is 2.25. The molecule has 0 aromatic rings. The lowest BCUT2D eigenvalue weighted by molar-refractivity contribution is -0.128. The van der Waals surface area contributed by atoms with Crippen LogP contribution in [-0.2, 0) is 4.79 Å². The van der Waals surface area contributed by atoms with Crippen LogP contribution in [0.2, 0.25) is 0 Å². The molecule has 3 heteroatoms. The smallest absolute Gasteiger partial charge is 0.237 e. The van der Waals surface area contributed by atoms with E-state index >= 15 is 0 Å². The highest BCUT2D eigenvalue weighted by Crippen LogP contribution is 2.06. The van der Waals surface area contributed by atoms with E-state index in [2.05, 4.69) is 24.1 Å². The SMILES string of the molecule is CC(C)CN1CCNC(=O)C1C. The zero-order valence-electron chi connectivity index (χ0n) is 8.13. The van der Waals surface area contributed by atoms with E-state index in [1.807, 2.05) is 6.92 Å². The van der Waals surface area contributed by atoms with Gasteiger partial charge in [0.25, 0.3) is 0 Å². The molecule has 0 radical (unpaired) electrons. The maximum atomic E-state index is 11.2. The summed E-state index contributed by atoms with van der Waals surface area (Å²) in [6, 6.07) is 0.0566. The Morgan fingerprint density at radius 1 is 1.67 bits per heavy atom. The normalized spacial score (nSPS) is 26.0. The molecule has 70 valence electrons. The molecule has 1 N–H and O–H groups in total. The Morgan fingerprint density at radius 3 is 2.92 bits per heavy atom. The molecule has 1 heterocycles. The van der Waals surface area contributed by atoms with Gasteiger partial charge in [0.1, 0.15) is 0 Å². The molecule has 0 aromatic carbocycles. The third kappa shape index (κ3) is 2.21. The van der Waals surface area contributed by atoms with Gasteiger partial charge in [-0.2, -0.15) is 0 Å². The topological polar surface area (TPSA) is 32.3 Å². The van der Waals surface area contributed by atoms with Crippen LogP contribution in [0.3, 0.4) is 0 Å².